The van der Waals surface area contributed by atoms with Gasteiger partial charge in [0.1, 0.15) is 14.1 Å². The zero-order chi connectivity index (χ0) is 26.3. The minimum Gasteiger partial charge on any atom is -0.326 e. The number of nitrogens with one attached hydrogen (secondary N) is 1. The van der Waals surface area contributed by atoms with E-state index in [0.717, 1.165) is 29.3 Å². The Kier molecular flexibility index (Phi) is 8.87. The summed E-state index contributed by atoms with van der Waals surface area (Å²) in [6, 6.07) is 23.4. The summed E-state index contributed by atoms with van der Waals surface area (Å²) in [4.78, 5) is 12.6. The predicted octanol–water partition coefficient (Wildman–Crippen LogP) is 8.13. The molecule has 1 atom stereocenters. The van der Waals surface area contributed by atoms with Crippen LogP contribution in [0.15, 0.2) is 96.6 Å². The second-order valence-electron chi connectivity index (χ2n) is 10.1. The van der Waals surface area contributed by atoms with E-state index in [1.165, 1.54) is 51.8 Å². The molecule has 1 heterocycles. The maximum atomic E-state index is 12.6. The molecule has 0 spiro atoms. The molecule has 1 saturated heterocycles. The molecule has 1 aliphatic carbocycles. The molecule has 5 heteroatoms. The second-order valence-corrected chi connectivity index (χ2v) is 12.9. The zero-order valence-corrected chi connectivity index (χ0v) is 23.8. The maximum Gasteiger partial charge on any atom is 0.224 e. The Bertz CT molecular complexity index is 1400. The van der Waals surface area contributed by atoms with E-state index in [9.17, 15) is 4.79 Å². The molecule has 5 rings (SSSR count). The Hall–Kier alpha value is -3.02. The lowest BCUT2D eigenvalue weighted by molar-refractivity contribution is -0.462. The van der Waals surface area contributed by atoms with Crippen LogP contribution in [0.25, 0.3) is 16.3 Å². The lowest BCUT2D eigenvalue weighted by Gasteiger charge is -2.15. The van der Waals surface area contributed by atoms with Crippen molar-refractivity contribution in [2.24, 2.45) is 0 Å². The van der Waals surface area contributed by atoms with Crippen LogP contribution < -0.4 is 5.32 Å². The van der Waals surface area contributed by atoms with Gasteiger partial charge < -0.3 is 5.32 Å². The molecule has 3 nitrogen and oxygen atoms in total. The average Bonchev–Trinajstić information content (AvgIpc) is 3.46. The van der Waals surface area contributed by atoms with E-state index in [1.54, 1.807) is 0 Å². The van der Waals surface area contributed by atoms with Crippen LogP contribution in [0.4, 0.5) is 5.69 Å². The molecular formula is C33H35N2OS2+. The van der Waals surface area contributed by atoms with Crippen molar-refractivity contribution in [2.45, 2.75) is 37.4 Å². The first-order valence-electron chi connectivity index (χ1n) is 13.4. The van der Waals surface area contributed by atoms with Crippen molar-refractivity contribution < 1.29 is 9.37 Å². The van der Waals surface area contributed by atoms with E-state index >= 15 is 0 Å². The van der Waals surface area contributed by atoms with Gasteiger partial charge in [-0.15, -0.1) is 0 Å². The first kappa shape index (κ1) is 26.6. The van der Waals surface area contributed by atoms with Gasteiger partial charge in [-0.3, -0.25) is 4.79 Å². The van der Waals surface area contributed by atoms with Crippen molar-refractivity contribution in [3.63, 3.8) is 0 Å². The van der Waals surface area contributed by atoms with Crippen LogP contribution in [0, 0.1) is 0 Å². The number of carbonyl (C=O) groups is 1. The first-order chi connectivity index (χ1) is 18.6. The highest BCUT2D eigenvalue weighted by Crippen LogP contribution is 2.40. The van der Waals surface area contributed by atoms with E-state index < -0.39 is 0 Å². The normalized spacial score (nSPS) is 16.7. The third kappa shape index (κ3) is 6.69. The molecule has 3 aromatic carbocycles. The van der Waals surface area contributed by atoms with Crippen molar-refractivity contribution in [3.8, 4) is 0 Å². The first-order valence-corrected chi connectivity index (χ1v) is 15.8. The molecule has 0 bridgehead atoms. The molecule has 0 radical (unpaired) electrons. The van der Waals surface area contributed by atoms with Gasteiger partial charge in [0, 0.05) is 35.3 Å². The molecule has 1 amide bonds. The number of amides is 1. The van der Waals surface area contributed by atoms with Gasteiger partial charge in [-0.05, 0) is 82.7 Å². The Morgan fingerprint density at radius 2 is 1.63 bits per heavy atom. The van der Waals surface area contributed by atoms with Gasteiger partial charge >= 0.3 is 0 Å². The number of unbranched alkanes of at least 4 members (excludes halogenated alkanes) is 1. The topological polar surface area (TPSA) is 32.1 Å². The number of fused-ring (bicyclic) bond motifs is 1. The number of allylic oxidation sites excluding steroid dienone is 5. The molecule has 38 heavy (non-hydrogen) atoms. The van der Waals surface area contributed by atoms with Crippen molar-refractivity contribution in [1.29, 1.82) is 0 Å². The van der Waals surface area contributed by atoms with E-state index in [2.05, 4.69) is 103 Å². The number of anilines is 1. The number of benzene rings is 3. The largest absolute Gasteiger partial charge is 0.326 e. The van der Waals surface area contributed by atoms with Crippen LogP contribution in [0.1, 0.15) is 43.2 Å². The quantitative estimate of drug-likeness (QED) is 0.178. The minimum absolute atomic E-state index is 0.101. The van der Waals surface area contributed by atoms with Crippen molar-refractivity contribution in [1.82, 2.24) is 0 Å². The van der Waals surface area contributed by atoms with E-state index in [0.29, 0.717) is 6.42 Å². The Labute approximate surface area is 234 Å². The molecule has 1 fully saturated rings. The number of rotatable bonds is 8. The summed E-state index contributed by atoms with van der Waals surface area (Å²) in [5.41, 5.74) is 6.68. The third-order valence-corrected chi connectivity index (χ3v) is 10.1. The number of hydrogen-bond donors (Lipinski definition) is 1. The maximum absolute atomic E-state index is 12.6. The third-order valence-electron chi connectivity index (χ3n) is 7.08. The molecule has 194 valence electrons. The Morgan fingerprint density at radius 3 is 2.34 bits per heavy atom. The van der Waals surface area contributed by atoms with Gasteiger partial charge in [-0.2, -0.15) is 0 Å². The predicted molar refractivity (Wildman–Crippen MR) is 167 cm³/mol. The van der Waals surface area contributed by atoms with Gasteiger partial charge in [0.25, 0.3) is 0 Å². The smallest absolute Gasteiger partial charge is 0.224 e. The van der Waals surface area contributed by atoms with Crippen LogP contribution >= 0.6 is 21.6 Å². The summed E-state index contributed by atoms with van der Waals surface area (Å²) < 4.78 is 2.11. The highest BCUT2D eigenvalue weighted by molar-refractivity contribution is 8.77. The fourth-order valence-corrected chi connectivity index (χ4v) is 7.96. The number of hydrogen-bond acceptors (Lipinski definition) is 3. The fourth-order valence-electron chi connectivity index (χ4n) is 4.94. The summed E-state index contributed by atoms with van der Waals surface area (Å²) in [5.74, 6) is 1.37. The van der Waals surface area contributed by atoms with Gasteiger partial charge in [0.15, 0.2) is 5.71 Å². The molecule has 3 aromatic rings. The number of carbonyl (C=O) groups excluding carboxylic acids is 1. The van der Waals surface area contributed by atoms with Crippen molar-refractivity contribution in [2.75, 3.05) is 25.2 Å². The Morgan fingerprint density at radius 1 is 0.895 bits per heavy atom. The van der Waals surface area contributed by atoms with Crippen LogP contribution in [-0.2, 0) is 4.79 Å². The molecule has 2 aliphatic rings. The molecular weight excluding hydrogens is 505 g/mol. The molecule has 1 unspecified atom stereocenters. The van der Waals surface area contributed by atoms with Gasteiger partial charge in [0.2, 0.25) is 5.91 Å². The zero-order valence-electron chi connectivity index (χ0n) is 22.2. The Balaban J connectivity index is 1.34. The van der Waals surface area contributed by atoms with E-state index in [1.807, 2.05) is 33.7 Å². The molecule has 1 aliphatic heterocycles. The van der Waals surface area contributed by atoms with Crippen LogP contribution in [0.2, 0.25) is 0 Å². The van der Waals surface area contributed by atoms with Crippen LogP contribution in [0.3, 0.4) is 0 Å². The summed E-state index contributed by atoms with van der Waals surface area (Å²) in [6.07, 6.45) is 13.9. The molecule has 0 saturated carbocycles. The second kappa shape index (κ2) is 12.7. The average molecular weight is 540 g/mol. The summed E-state index contributed by atoms with van der Waals surface area (Å²) in [6.45, 7) is 0. The van der Waals surface area contributed by atoms with E-state index in [4.69, 9.17) is 0 Å². The van der Waals surface area contributed by atoms with Gasteiger partial charge in [-0.25, -0.2) is 4.58 Å². The van der Waals surface area contributed by atoms with Crippen molar-refractivity contribution >= 4 is 55.2 Å². The molecule has 1 N–H and O–H groups in total. The highest BCUT2D eigenvalue weighted by atomic mass is 33.1. The summed E-state index contributed by atoms with van der Waals surface area (Å²) >= 11 is 0. The van der Waals surface area contributed by atoms with Crippen molar-refractivity contribution in [3.05, 3.63) is 108 Å². The number of nitrogens with zero attached hydrogens (tertiary/aromatic N) is 1. The molecule has 0 aromatic heterocycles. The summed E-state index contributed by atoms with van der Waals surface area (Å²) in [5, 5.41) is 6.33. The lowest BCUT2D eigenvalue weighted by Crippen LogP contribution is -2.11. The fraction of sp³-hybridized carbons (Fsp3) is 0.273. The minimum atomic E-state index is 0.101. The van der Waals surface area contributed by atoms with E-state index in [-0.39, 0.29) is 5.91 Å². The SMILES string of the molecule is C[N+](C)=C1C=CC(=C(c2ccc(NC(=O)CCCCC3CCSS3)cc2)c2ccc3ccccc3c2)C=C1. The van der Waals surface area contributed by atoms with Crippen LogP contribution in [0.5, 0.6) is 0 Å². The standard InChI is InChI=1S/C33H34N2OS2/c1-35(2)30-19-15-26(16-20-30)33(28-12-11-24-7-3-4-8-27(24)23-28)25-13-17-29(18-14-25)34-32(36)10-6-5-9-31-21-22-37-38-31/h3-4,7-8,11-20,23,31H,5-6,9-10,21-22H2,1-2H3/p+1. The van der Waals surface area contributed by atoms with Gasteiger partial charge in [-0.1, -0.05) is 76.5 Å². The van der Waals surface area contributed by atoms with Gasteiger partial charge in [0.05, 0.1) is 0 Å². The van der Waals surface area contributed by atoms with Crippen LogP contribution in [-0.4, -0.2) is 41.3 Å². The monoisotopic (exact) mass is 539 g/mol. The highest BCUT2D eigenvalue weighted by Gasteiger charge is 2.16. The summed E-state index contributed by atoms with van der Waals surface area (Å²) in [7, 11) is 8.12. The lowest BCUT2D eigenvalue weighted by atomic mass is 9.89.